The van der Waals surface area contributed by atoms with Gasteiger partial charge in [-0.3, -0.25) is 13.9 Å². The van der Waals surface area contributed by atoms with Crippen molar-refractivity contribution in [3.05, 3.63) is 58.1 Å². The van der Waals surface area contributed by atoms with Gasteiger partial charge in [0.25, 0.3) is 5.91 Å². The molecule has 1 atom stereocenters. The number of sulfonamides is 1. The molecule has 2 aliphatic rings. The third-order valence-electron chi connectivity index (χ3n) is 5.50. The van der Waals surface area contributed by atoms with E-state index in [9.17, 15) is 18.0 Å². The highest BCUT2D eigenvalue weighted by Gasteiger charge is 2.35. The Morgan fingerprint density at radius 2 is 1.74 bits per heavy atom. The first-order valence-electron chi connectivity index (χ1n) is 9.93. The van der Waals surface area contributed by atoms with Gasteiger partial charge in [-0.15, -0.1) is 0 Å². The maximum atomic E-state index is 13.0. The van der Waals surface area contributed by atoms with Crippen molar-refractivity contribution in [3.63, 3.8) is 0 Å². The number of anilines is 2. The van der Waals surface area contributed by atoms with E-state index in [1.54, 1.807) is 36.4 Å². The molecule has 1 unspecified atom stereocenters. The van der Waals surface area contributed by atoms with Crippen molar-refractivity contribution in [1.29, 1.82) is 0 Å². The molecule has 1 N–H and O–H groups in total. The Morgan fingerprint density at radius 3 is 2.42 bits per heavy atom. The Morgan fingerprint density at radius 1 is 1.00 bits per heavy atom. The molecule has 10 heteroatoms. The van der Waals surface area contributed by atoms with Gasteiger partial charge in [-0.1, -0.05) is 23.2 Å². The lowest BCUT2D eigenvalue weighted by molar-refractivity contribution is -0.119. The molecule has 4 rings (SSSR count). The van der Waals surface area contributed by atoms with E-state index in [1.165, 1.54) is 15.3 Å². The molecule has 0 aromatic heterocycles. The van der Waals surface area contributed by atoms with E-state index in [2.05, 4.69) is 5.32 Å². The first kappa shape index (κ1) is 21.9. The van der Waals surface area contributed by atoms with Gasteiger partial charge >= 0.3 is 0 Å². The number of likely N-dealkylation sites (tertiary alicyclic amines) is 1. The van der Waals surface area contributed by atoms with Gasteiger partial charge in [0.15, 0.2) is 0 Å². The SMILES string of the molecule is O=C(Nc1ccc(N2CCCS2(=O)=O)cc1)C1CCCN1C(=O)c1cc(Cl)ccc1Cl. The molecule has 0 radical (unpaired) electrons. The van der Waals surface area contributed by atoms with Crippen LogP contribution in [-0.4, -0.2) is 50.0 Å². The smallest absolute Gasteiger partial charge is 0.256 e. The van der Waals surface area contributed by atoms with Crippen LogP contribution in [0.1, 0.15) is 29.6 Å². The molecule has 7 nitrogen and oxygen atoms in total. The van der Waals surface area contributed by atoms with Gasteiger partial charge in [-0.2, -0.15) is 0 Å². The monoisotopic (exact) mass is 481 g/mol. The maximum Gasteiger partial charge on any atom is 0.256 e. The molecule has 164 valence electrons. The van der Waals surface area contributed by atoms with Crippen molar-refractivity contribution in [2.24, 2.45) is 0 Å². The summed E-state index contributed by atoms with van der Waals surface area (Å²) in [5.74, 6) is -0.487. The van der Waals surface area contributed by atoms with Crippen LogP contribution in [0.15, 0.2) is 42.5 Å². The summed E-state index contributed by atoms with van der Waals surface area (Å²) in [4.78, 5) is 27.4. The van der Waals surface area contributed by atoms with Crippen LogP contribution >= 0.6 is 23.2 Å². The fourth-order valence-electron chi connectivity index (χ4n) is 3.96. The second kappa shape index (κ2) is 8.68. The first-order chi connectivity index (χ1) is 14.8. The van der Waals surface area contributed by atoms with Crippen molar-refractivity contribution in [1.82, 2.24) is 4.90 Å². The zero-order chi connectivity index (χ0) is 22.2. The van der Waals surface area contributed by atoms with E-state index in [-0.39, 0.29) is 28.2 Å². The molecule has 0 aliphatic carbocycles. The van der Waals surface area contributed by atoms with Crippen LogP contribution in [0.2, 0.25) is 10.0 Å². The van der Waals surface area contributed by atoms with E-state index in [0.29, 0.717) is 48.7 Å². The number of rotatable bonds is 4. The molecular formula is C21H21Cl2N3O4S. The number of nitrogens with zero attached hydrogens (tertiary/aromatic N) is 2. The number of amides is 2. The average Bonchev–Trinajstić information content (AvgIpc) is 3.36. The molecule has 2 aromatic rings. The standard InChI is InChI=1S/C21H21Cl2N3O4S/c22-14-4-9-18(23)17(13-14)21(28)25-10-1-3-19(25)20(27)24-15-5-7-16(8-6-15)26-11-2-12-31(26,29)30/h4-9,13,19H,1-3,10-12H2,(H,24,27). The Kier molecular flexibility index (Phi) is 6.14. The number of carbonyl (C=O) groups is 2. The quantitative estimate of drug-likeness (QED) is 0.719. The van der Waals surface area contributed by atoms with E-state index >= 15 is 0 Å². The fourth-order valence-corrected chi connectivity index (χ4v) is 5.90. The molecule has 2 fully saturated rings. The van der Waals surface area contributed by atoms with Gasteiger partial charge < -0.3 is 10.2 Å². The number of nitrogens with one attached hydrogen (secondary N) is 1. The lowest BCUT2D eigenvalue weighted by Crippen LogP contribution is -2.43. The van der Waals surface area contributed by atoms with Crippen LogP contribution < -0.4 is 9.62 Å². The van der Waals surface area contributed by atoms with Crippen molar-refractivity contribution < 1.29 is 18.0 Å². The minimum Gasteiger partial charge on any atom is -0.327 e. The molecule has 2 aliphatic heterocycles. The number of carbonyl (C=O) groups excluding carboxylic acids is 2. The fraction of sp³-hybridized carbons (Fsp3) is 0.333. The van der Waals surface area contributed by atoms with Crippen molar-refractivity contribution in [2.45, 2.75) is 25.3 Å². The Hall–Kier alpha value is -2.29. The summed E-state index contributed by atoms with van der Waals surface area (Å²) in [5.41, 5.74) is 1.37. The predicted molar refractivity (Wildman–Crippen MR) is 121 cm³/mol. The number of hydrogen-bond acceptors (Lipinski definition) is 4. The van der Waals surface area contributed by atoms with E-state index in [0.717, 1.165) is 0 Å². The first-order valence-corrected chi connectivity index (χ1v) is 12.3. The van der Waals surface area contributed by atoms with Crippen molar-refractivity contribution >= 4 is 56.4 Å². The Bertz CT molecular complexity index is 1120. The zero-order valence-corrected chi connectivity index (χ0v) is 18.9. The van der Waals surface area contributed by atoms with Crippen LogP contribution in [0.3, 0.4) is 0 Å². The highest BCUT2D eigenvalue weighted by Crippen LogP contribution is 2.28. The lowest BCUT2D eigenvalue weighted by atomic mass is 10.1. The second-order valence-corrected chi connectivity index (χ2v) is 10.4. The molecule has 2 amide bonds. The molecule has 0 saturated carbocycles. The minimum absolute atomic E-state index is 0.147. The van der Waals surface area contributed by atoms with Gasteiger partial charge in [0.2, 0.25) is 15.9 Å². The van der Waals surface area contributed by atoms with Gasteiger partial charge in [-0.05, 0) is 61.7 Å². The molecule has 0 bridgehead atoms. The molecule has 2 aromatic carbocycles. The Balaban J connectivity index is 1.46. The van der Waals surface area contributed by atoms with Crippen molar-refractivity contribution in [2.75, 3.05) is 28.5 Å². The topological polar surface area (TPSA) is 86.8 Å². The van der Waals surface area contributed by atoms with E-state index in [1.807, 2.05) is 0 Å². The average molecular weight is 482 g/mol. The molecule has 31 heavy (non-hydrogen) atoms. The van der Waals surface area contributed by atoms with Crippen molar-refractivity contribution in [3.8, 4) is 0 Å². The van der Waals surface area contributed by atoms with Gasteiger partial charge in [0.1, 0.15) is 6.04 Å². The number of benzene rings is 2. The van der Waals surface area contributed by atoms with Gasteiger partial charge in [0.05, 0.1) is 22.0 Å². The molecule has 0 spiro atoms. The minimum atomic E-state index is -3.26. The normalized spacial score (nSPS) is 20.1. The van der Waals surface area contributed by atoms with E-state index < -0.39 is 16.1 Å². The highest BCUT2D eigenvalue weighted by atomic mass is 35.5. The summed E-state index contributed by atoms with van der Waals surface area (Å²) in [5, 5.41) is 3.51. The summed E-state index contributed by atoms with van der Waals surface area (Å²) in [6.45, 7) is 0.908. The van der Waals surface area contributed by atoms with Crippen LogP contribution in [0.4, 0.5) is 11.4 Å². The summed E-state index contributed by atoms with van der Waals surface area (Å²) < 4.78 is 25.5. The molecule has 2 saturated heterocycles. The van der Waals surface area contributed by atoms with Crippen LogP contribution in [0, 0.1) is 0 Å². The third kappa shape index (κ3) is 4.51. The second-order valence-electron chi connectivity index (χ2n) is 7.56. The summed E-state index contributed by atoms with van der Waals surface area (Å²) in [6.07, 6.45) is 1.84. The summed E-state index contributed by atoms with van der Waals surface area (Å²) in [7, 11) is -3.26. The van der Waals surface area contributed by atoms with Crippen LogP contribution in [0.5, 0.6) is 0 Å². The van der Waals surface area contributed by atoms with Crippen LogP contribution in [-0.2, 0) is 14.8 Å². The Labute approximate surface area is 191 Å². The maximum absolute atomic E-state index is 13.0. The molecule has 2 heterocycles. The van der Waals surface area contributed by atoms with E-state index in [4.69, 9.17) is 23.2 Å². The third-order valence-corrected chi connectivity index (χ3v) is 7.93. The zero-order valence-electron chi connectivity index (χ0n) is 16.6. The number of hydrogen-bond donors (Lipinski definition) is 1. The molecular weight excluding hydrogens is 461 g/mol. The number of halogens is 2. The lowest BCUT2D eigenvalue weighted by Gasteiger charge is -2.24. The predicted octanol–water partition coefficient (Wildman–Crippen LogP) is 3.78. The largest absolute Gasteiger partial charge is 0.327 e. The summed E-state index contributed by atoms with van der Waals surface area (Å²) in [6, 6.07) is 10.7. The highest BCUT2D eigenvalue weighted by molar-refractivity contribution is 7.93. The van der Waals surface area contributed by atoms with Crippen LogP contribution in [0.25, 0.3) is 0 Å². The summed E-state index contributed by atoms with van der Waals surface area (Å²) >= 11 is 12.2. The van der Waals surface area contributed by atoms with Gasteiger partial charge in [0, 0.05) is 23.8 Å². The van der Waals surface area contributed by atoms with Gasteiger partial charge in [-0.25, -0.2) is 8.42 Å².